The maximum atomic E-state index is 13.1. The van der Waals surface area contributed by atoms with Crippen LogP contribution in [0.25, 0.3) is 0 Å². The third-order valence-electron chi connectivity index (χ3n) is 5.51. The summed E-state index contributed by atoms with van der Waals surface area (Å²) in [5, 5.41) is 3.26. The number of hydrogen-bond donors (Lipinski definition) is 1. The summed E-state index contributed by atoms with van der Waals surface area (Å²) in [5.74, 6) is 0.176. The standard InChI is InChI=1S/C19H28N2O2/c1-2-21-12-6-9-17(21)15-20-18(22)19(10-13-23-14-11-19)16-7-4-3-5-8-16/h3-5,7-8,17H,2,6,9-15H2,1H3,(H,20,22)/t17-/m0/s1. The molecular formula is C19H28N2O2. The number of carbonyl (C=O) groups is 1. The van der Waals surface area contributed by atoms with E-state index in [0.29, 0.717) is 19.3 Å². The third-order valence-corrected chi connectivity index (χ3v) is 5.51. The average molecular weight is 316 g/mol. The number of benzene rings is 1. The third kappa shape index (κ3) is 3.43. The molecule has 0 bridgehead atoms. The molecule has 4 heteroatoms. The first-order valence-electron chi connectivity index (χ1n) is 8.92. The molecule has 2 saturated heterocycles. The summed E-state index contributed by atoms with van der Waals surface area (Å²) in [5.41, 5.74) is 0.703. The molecule has 2 heterocycles. The second-order valence-electron chi connectivity index (χ2n) is 6.70. The van der Waals surface area contributed by atoms with Crippen LogP contribution in [0.1, 0.15) is 38.2 Å². The van der Waals surface area contributed by atoms with Crippen molar-refractivity contribution in [2.75, 3.05) is 32.8 Å². The predicted molar refractivity (Wildman–Crippen MR) is 91.5 cm³/mol. The monoisotopic (exact) mass is 316 g/mol. The van der Waals surface area contributed by atoms with Crippen molar-refractivity contribution in [1.82, 2.24) is 10.2 Å². The summed E-state index contributed by atoms with van der Waals surface area (Å²) in [4.78, 5) is 15.6. The fourth-order valence-corrected chi connectivity index (χ4v) is 4.05. The summed E-state index contributed by atoms with van der Waals surface area (Å²) in [6, 6.07) is 10.7. The molecule has 1 aromatic rings. The minimum atomic E-state index is -0.421. The van der Waals surface area contributed by atoms with Gasteiger partial charge < -0.3 is 10.1 Å². The second-order valence-corrected chi connectivity index (χ2v) is 6.70. The van der Waals surface area contributed by atoms with Crippen LogP contribution in [0.5, 0.6) is 0 Å². The van der Waals surface area contributed by atoms with E-state index in [2.05, 4.69) is 29.3 Å². The van der Waals surface area contributed by atoms with Crippen molar-refractivity contribution < 1.29 is 9.53 Å². The first-order valence-corrected chi connectivity index (χ1v) is 8.92. The number of carbonyl (C=O) groups excluding carboxylic acids is 1. The van der Waals surface area contributed by atoms with Gasteiger partial charge in [0.25, 0.3) is 0 Å². The second kappa shape index (κ2) is 7.45. The van der Waals surface area contributed by atoms with E-state index in [1.54, 1.807) is 0 Å². The van der Waals surface area contributed by atoms with Crippen LogP contribution in [0, 0.1) is 0 Å². The van der Waals surface area contributed by atoms with Gasteiger partial charge in [-0.15, -0.1) is 0 Å². The molecule has 2 fully saturated rings. The summed E-state index contributed by atoms with van der Waals surface area (Å²) in [6.45, 7) is 6.51. The van der Waals surface area contributed by atoms with Gasteiger partial charge in [-0.05, 0) is 44.3 Å². The molecule has 1 aromatic carbocycles. The molecule has 1 atom stereocenters. The SMILES string of the molecule is CCN1CCC[C@H]1CNC(=O)C1(c2ccccc2)CCOCC1. The maximum Gasteiger partial charge on any atom is 0.230 e. The molecule has 0 saturated carbocycles. The highest BCUT2D eigenvalue weighted by Crippen LogP contribution is 2.35. The molecular weight excluding hydrogens is 288 g/mol. The molecule has 1 amide bonds. The largest absolute Gasteiger partial charge is 0.381 e. The Labute approximate surface area is 139 Å². The van der Waals surface area contributed by atoms with E-state index in [-0.39, 0.29) is 5.91 Å². The number of hydrogen-bond acceptors (Lipinski definition) is 3. The highest BCUT2D eigenvalue weighted by atomic mass is 16.5. The van der Waals surface area contributed by atoms with E-state index in [1.165, 1.54) is 12.8 Å². The zero-order valence-electron chi connectivity index (χ0n) is 14.1. The molecule has 23 heavy (non-hydrogen) atoms. The Bertz CT molecular complexity index is 511. The first kappa shape index (κ1) is 16.5. The van der Waals surface area contributed by atoms with Gasteiger partial charge in [-0.1, -0.05) is 37.3 Å². The molecule has 126 valence electrons. The van der Waals surface area contributed by atoms with Gasteiger partial charge in [0.1, 0.15) is 0 Å². The van der Waals surface area contributed by atoms with Gasteiger partial charge in [0.05, 0.1) is 5.41 Å². The van der Waals surface area contributed by atoms with Gasteiger partial charge in [0.2, 0.25) is 5.91 Å². The highest BCUT2D eigenvalue weighted by molar-refractivity contribution is 5.88. The minimum Gasteiger partial charge on any atom is -0.381 e. The Morgan fingerprint density at radius 3 is 2.74 bits per heavy atom. The number of nitrogens with one attached hydrogen (secondary N) is 1. The van der Waals surface area contributed by atoms with Crippen LogP contribution in [0.15, 0.2) is 30.3 Å². The van der Waals surface area contributed by atoms with E-state index in [4.69, 9.17) is 4.74 Å². The smallest absolute Gasteiger partial charge is 0.230 e. The van der Waals surface area contributed by atoms with E-state index < -0.39 is 5.41 Å². The fourth-order valence-electron chi connectivity index (χ4n) is 4.05. The Kier molecular flexibility index (Phi) is 5.34. The van der Waals surface area contributed by atoms with Gasteiger partial charge in [0.15, 0.2) is 0 Å². The minimum absolute atomic E-state index is 0.176. The van der Waals surface area contributed by atoms with Crippen LogP contribution < -0.4 is 5.32 Å². The van der Waals surface area contributed by atoms with E-state index in [1.807, 2.05) is 18.2 Å². The Balaban J connectivity index is 1.71. The molecule has 0 spiro atoms. The van der Waals surface area contributed by atoms with Crippen LogP contribution in [-0.4, -0.2) is 49.7 Å². The van der Waals surface area contributed by atoms with Crippen molar-refractivity contribution in [3.05, 3.63) is 35.9 Å². The Morgan fingerprint density at radius 2 is 2.04 bits per heavy atom. The number of likely N-dealkylation sites (tertiary alicyclic amines) is 1. The summed E-state index contributed by atoms with van der Waals surface area (Å²) in [7, 11) is 0. The van der Waals surface area contributed by atoms with Crippen LogP contribution in [-0.2, 0) is 14.9 Å². The van der Waals surface area contributed by atoms with Crippen molar-refractivity contribution in [3.8, 4) is 0 Å². The van der Waals surface area contributed by atoms with Crippen LogP contribution in [0.3, 0.4) is 0 Å². The molecule has 0 aromatic heterocycles. The number of likely N-dealkylation sites (N-methyl/N-ethyl adjacent to an activating group) is 1. The topological polar surface area (TPSA) is 41.6 Å². The maximum absolute atomic E-state index is 13.1. The Hall–Kier alpha value is -1.39. The van der Waals surface area contributed by atoms with Gasteiger partial charge in [-0.2, -0.15) is 0 Å². The van der Waals surface area contributed by atoms with Crippen LogP contribution >= 0.6 is 0 Å². The number of ether oxygens (including phenoxy) is 1. The highest BCUT2D eigenvalue weighted by Gasteiger charge is 2.41. The average Bonchev–Trinajstić information content (AvgIpc) is 3.08. The normalized spacial score (nSPS) is 24.5. The molecule has 3 rings (SSSR count). The van der Waals surface area contributed by atoms with Crippen molar-refractivity contribution >= 4 is 5.91 Å². The van der Waals surface area contributed by atoms with Crippen molar-refractivity contribution in [1.29, 1.82) is 0 Å². The molecule has 2 aliphatic heterocycles. The fraction of sp³-hybridized carbons (Fsp3) is 0.632. The number of nitrogens with zero attached hydrogens (tertiary/aromatic N) is 1. The van der Waals surface area contributed by atoms with E-state index in [9.17, 15) is 4.79 Å². The Morgan fingerprint density at radius 1 is 1.30 bits per heavy atom. The van der Waals surface area contributed by atoms with Crippen molar-refractivity contribution in [3.63, 3.8) is 0 Å². The summed E-state index contributed by atoms with van der Waals surface area (Å²) in [6.07, 6.45) is 3.97. The van der Waals surface area contributed by atoms with Gasteiger partial charge in [-0.25, -0.2) is 0 Å². The van der Waals surface area contributed by atoms with Gasteiger partial charge >= 0.3 is 0 Å². The molecule has 1 N–H and O–H groups in total. The zero-order chi connectivity index (χ0) is 16.1. The summed E-state index contributed by atoms with van der Waals surface area (Å²) < 4.78 is 5.52. The lowest BCUT2D eigenvalue weighted by atomic mass is 9.73. The lowest BCUT2D eigenvalue weighted by Gasteiger charge is -2.37. The van der Waals surface area contributed by atoms with Crippen molar-refractivity contribution in [2.45, 2.75) is 44.1 Å². The zero-order valence-corrected chi connectivity index (χ0v) is 14.1. The predicted octanol–water partition coefficient (Wildman–Crippen LogP) is 2.34. The number of rotatable bonds is 5. The summed E-state index contributed by atoms with van der Waals surface area (Å²) >= 11 is 0. The van der Waals surface area contributed by atoms with E-state index >= 15 is 0 Å². The molecule has 4 nitrogen and oxygen atoms in total. The molecule has 0 aliphatic carbocycles. The van der Waals surface area contributed by atoms with Crippen LogP contribution in [0.4, 0.5) is 0 Å². The lowest BCUT2D eigenvalue weighted by Crippen LogP contribution is -2.50. The van der Waals surface area contributed by atoms with Crippen molar-refractivity contribution in [2.24, 2.45) is 0 Å². The number of amides is 1. The van der Waals surface area contributed by atoms with Crippen LogP contribution in [0.2, 0.25) is 0 Å². The van der Waals surface area contributed by atoms with E-state index in [0.717, 1.165) is 38.0 Å². The van der Waals surface area contributed by atoms with Gasteiger partial charge in [0, 0.05) is 25.8 Å². The lowest BCUT2D eigenvalue weighted by molar-refractivity contribution is -0.130. The quantitative estimate of drug-likeness (QED) is 0.906. The first-order chi connectivity index (χ1) is 11.3. The molecule has 2 aliphatic rings. The molecule has 0 radical (unpaired) electrons. The molecule has 0 unspecified atom stereocenters. The van der Waals surface area contributed by atoms with Gasteiger partial charge in [-0.3, -0.25) is 9.69 Å².